The molecule has 0 amide bonds. The number of nitrogens with one attached hydrogen (secondary N) is 1. The van der Waals surface area contributed by atoms with Gasteiger partial charge in [-0.05, 0) is 53.5 Å². The van der Waals surface area contributed by atoms with Gasteiger partial charge >= 0.3 is 0 Å². The minimum absolute atomic E-state index is 0.665. The van der Waals surface area contributed by atoms with Gasteiger partial charge in [0.25, 0.3) is 0 Å². The summed E-state index contributed by atoms with van der Waals surface area (Å²) < 4.78 is 1.89. The number of nitrogens with zero attached hydrogens (tertiary/aromatic N) is 1. The van der Waals surface area contributed by atoms with Crippen molar-refractivity contribution in [2.45, 2.75) is 44.7 Å². The summed E-state index contributed by atoms with van der Waals surface area (Å²) in [5, 5.41) is 9.30. The Hall–Kier alpha value is -0.100. The molecule has 0 aromatic heterocycles. The molecule has 1 saturated carbocycles. The van der Waals surface area contributed by atoms with E-state index in [-0.39, 0.29) is 0 Å². The van der Waals surface area contributed by atoms with Crippen molar-refractivity contribution >= 4 is 37.5 Å². The predicted molar refractivity (Wildman–Crippen MR) is 85.6 cm³/mol. The van der Waals surface area contributed by atoms with Gasteiger partial charge < -0.3 is 0 Å². The molecule has 0 aliphatic heterocycles. The van der Waals surface area contributed by atoms with Crippen LogP contribution < -0.4 is 5.48 Å². The molecule has 0 saturated heterocycles. The maximum Gasteiger partial charge on any atom is 0.0789 e. The molecule has 3 nitrogen and oxygen atoms in total. The van der Waals surface area contributed by atoms with Gasteiger partial charge in [0.15, 0.2) is 0 Å². The number of hydrogen-bond acceptors (Lipinski definition) is 3. The fraction of sp³-hybridized carbons (Fsp3) is 0.571. The van der Waals surface area contributed by atoms with E-state index in [1.54, 1.807) is 0 Å². The van der Waals surface area contributed by atoms with Crippen molar-refractivity contribution in [1.29, 1.82) is 0 Å². The molecule has 0 radical (unpaired) electrons. The van der Waals surface area contributed by atoms with E-state index in [1.807, 2.05) is 6.07 Å². The van der Waals surface area contributed by atoms with Crippen molar-refractivity contribution in [3.63, 3.8) is 0 Å². The van der Waals surface area contributed by atoms with Gasteiger partial charge in [0.2, 0.25) is 0 Å². The lowest BCUT2D eigenvalue weighted by Gasteiger charge is -2.31. The molecule has 2 N–H and O–H groups in total. The van der Waals surface area contributed by atoms with Crippen LogP contribution in [-0.2, 0) is 6.54 Å². The molecular formula is C14H20Br2N2O. The van der Waals surface area contributed by atoms with Gasteiger partial charge in [-0.25, -0.2) is 0 Å². The third-order valence-electron chi connectivity index (χ3n) is 3.87. The SMILES string of the molecule is CN(Cc1cc(Br)cc(Br)c1NO)C1CCCCC1. The summed E-state index contributed by atoms with van der Waals surface area (Å²) in [6, 6.07) is 4.66. The highest BCUT2D eigenvalue weighted by molar-refractivity contribution is 9.11. The first-order chi connectivity index (χ1) is 9.11. The lowest BCUT2D eigenvalue weighted by Crippen LogP contribution is -2.33. The van der Waals surface area contributed by atoms with Crippen molar-refractivity contribution in [2.24, 2.45) is 0 Å². The molecule has 0 atom stereocenters. The van der Waals surface area contributed by atoms with E-state index < -0.39 is 0 Å². The van der Waals surface area contributed by atoms with Gasteiger partial charge in [-0.15, -0.1) is 0 Å². The van der Waals surface area contributed by atoms with Gasteiger partial charge in [-0.2, -0.15) is 0 Å². The molecule has 0 heterocycles. The first-order valence-corrected chi connectivity index (χ1v) is 8.28. The quantitative estimate of drug-likeness (QED) is 0.725. The van der Waals surface area contributed by atoms with Crippen molar-refractivity contribution in [2.75, 3.05) is 12.5 Å². The molecule has 2 rings (SSSR count). The van der Waals surface area contributed by atoms with Crippen LogP contribution in [0.1, 0.15) is 37.7 Å². The lowest BCUT2D eigenvalue weighted by atomic mass is 9.94. The van der Waals surface area contributed by atoms with Crippen LogP contribution in [-0.4, -0.2) is 23.2 Å². The number of halogens is 2. The summed E-state index contributed by atoms with van der Waals surface area (Å²) in [5.74, 6) is 0. The van der Waals surface area contributed by atoms with E-state index in [0.717, 1.165) is 26.7 Å². The van der Waals surface area contributed by atoms with Crippen LogP contribution in [0.25, 0.3) is 0 Å². The Morgan fingerprint density at radius 2 is 1.95 bits per heavy atom. The molecule has 0 unspecified atom stereocenters. The van der Waals surface area contributed by atoms with Gasteiger partial charge in [0.05, 0.1) is 5.69 Å². The van der Waals surface area contributed by atoms with E-state index in [4.69, 9.17) is 0 Å². The van der Waals surface area contributed by atoms with Crippen LogP contribution in [0.3, 0.4) is 0 Å². The summed E-state index contributed by atoms with van der Waals surface area (Å²) in [7, 11) is 2.17. The highest BCUT2D eigenvalue weighted by Gasteiger charge is 2.19. The topological polar surface area (TPSA) is 35.5 Å². The third-order valence-corrected chi connectivity index (χ3v) is 4.95. The Balaban J connectivity index is 2.13. The number of hydrogen-bond donors (Lipinski definition) is 2. The second-order valence-corrected chi connectivity index (χ2v) is 7.01. The molecule has 19 heavy (non-hydrogen) atoms. The standard InChI is InChI=1S/C14H20Br2N2O/c1-18(12-5-3-2-4-6-12)9-10-7-11(15)8-13(16)14(10)17-19/h7-8,12,17,19H,2-6,9H2,1H3. The maximum absolute atomic E-state index is 9.30. The van der Waals surface area contributed by atoms with E-state index in [9.17, 15) is 5.21 Å². The van der Waals surface area contributed by atoms with Crippen molar-refractivity contribution in [3.05, 3.63) is 26.6 Å². The Morgan fingerprint density at radius 1 is 1.26 bits per heavy atom. The molecular weight excluding hydrogens is 372 g/mol. The summed E-state index contributed by atoms with van der Waals surface area (Å²) in [6.45, 7) is 0.839. The molecule has 1 aromatic carbocycles. The second kappa shape index (κ2) is 7.07. The summed E-state index contributed by atoms with van der Waals surface area (Å²) in [5.41, 5.74) is 4.15. The zero-order valence-electron chi connectivity index (χ0n) is 11.1. The van der Waals surface area contributed by atoms with Gasteiger partial charge in [-0.1, -0.05) is 35.2 Å². The Kier molecular flexibility index (Phi) is 5.69. The van der Waals surface area contributed by atoms with Crippen molar-refractivity contribution in [1.82, 2.24) is 4.90 Å². The molecule has 0 bridgehead atoms. The summed E-state index contributed by atoms with van der Waals surface area (Å²) in [4.78, 5) is 2.40. The van der Waals surface area contributed by atoms with Crippen molar-refractivity contribution in [3.8, 4) is 0 Å². The highest BCUT2D eigenvalue weighted by Crippen LogP contribution is 2.32. The van der Waals surface area contributed by atoms with Crippen LogP contribution in [0.5, 0.6) is 0 Å². The average molecular weight is 392 g/mol. The molecule has 5 heteroatoms. The first-order valence-electron chi connectivity index (χ1n) is 6.70. The highest BCUT2D eigenvalue weighted by atomic mass is 79.9. The maximum atomic E-state index is 9.30. The Labute approximate surface area is 131 Å². The lowest BCUT2D eigenvalue weighted by molar-refractivity contribution is 0.184. The van der Waals surface area contributed by atoms with Gasteiger partial charge in [0.1, 0.15) is 0 Å². The van der Waals surface area contributed by atoms with Crippen LogP contribution in [0.15, 0.2) is 21.1 Å². The predicted octanol–water partition coefficient (Wildman–Crippen LogP) is 4.78. The van der Waals surface area contributed by atoms with Crippen molar-refractivity contribution < 1.29 is 5.21 Å². The van der Waals surface area contributed by atoms with Crippen LogP contribution in [0.4, 0.5) is 5.69 Å². The van der Waals surface area contributed by atoms with Crippen LogP contribution in [0.2, 0.25) is 0 Å². The number of anilines is 1. The molecule has 0 spiro atoms. The molecule has 1 fully saturated rings. The molecule has 106 valence electrons. The average Bonchev–Trinajstić information content (AvgIpc) is 2.39. The minimum Gasteiger partial charge on any atom is -0.299 e. The van der Waals surface area contributed by atoms with Crippen LogP contribution >= 0.6 is 31.9 Å². The fourth-order valence-corrected chi connectivity index (χ4v) is 4.20. The van der Waals surface area contributed by atoms with Gasteiger partial charge in [0, 0.05) is 21.5 Å². The van der Waals surface area contributed by atoms with Gasteiger partial charge in [-0.3, -0.25) is 15.6 Å². The first kappa shape index (κ1) is 15.3. The van der Waals surface area contributed by atoms with E-state index in [0.29, 0.717) is 6.04 Å². The van der Waals surface area contributed by atoms with E-state index in [2.05, 4.69) is 55.4 Å². The second-order valence-electron chi connectivity index (χ2n) is 5.24. The number of benzene rings is 1. The van der Waals surface area contributed by atoms with Crippen LogP contribution in [0, 0.1) is 0 Å². The zero-order valence-corrected chi connectivity index (χ0v) is 14.3. The number of rotatable bonds is 4. The zero-order chi connectivity index (χ0) is 13.8. The monoisotopic (exact) mass is 390 g/mol. The molecule has 1 aliphatic carbocycles. The largest absolute Gasteiger partial charge is 0.299 e. The summed E-state index contributed by atoms with van der Waals surface area (Å²) >= 11 is 6.98. The Bertz CT molecular complexity index is 434. The summed E-state index contributed by atoms with van der Waals surface area (Å²) in [6.07, 6.45) is 6.61. The third kappa shape index (κ3) is 3.94. The normalized spacial score (nSPS) is 16.9. The van der Waals surface area contributed by atoms with E-state index >= 15 is 0 Å². The Morgan fingerprint density at radius 3 is 2.58 bits per heavy atom. The van der Waals surface area contributed by atoms with E-state index in [1.165, 1.54) is 32.1 Å². The molecule has 1 aliphatic rings. The molecule has 1 aromatic rings. The minimum atomic E-state index is 0.665. The smallest absolute Gasteiger partial charge is 0.0789 e. The fourth-order valence-electron chi connectivity index (χ4n) is 2.80.